The minimum atomic E-state index is 0.515. The van der Waals surface area contributed by atoms with E-state index in [1.54, 1.807) is 0 Å². The molecule has 1 aromatic rings. The number of azide groups is 1. The van der Waals surface area contributed by atoms with Crippen molar-refractivity contribution < 1.29 is 0 Å². The molecule has 82 valence electrons. The first-order valence-electron chi connectivity index (χ1n) is 5.25. The van der Waals surface area contributed by atoms with Gasteiger partial charge in [-0.3, -0.25) is 0 Å². The predicted octanol–water partition coefficient (Wildman–Crippen LogP) is 2.10. The van der Waals surface area contributed by atoms with Gasteiger partial charge in [-0.05, 0) is 12.0 Å². The van der Waals surface area contributed by atoms with Crippen LogP contribution < -0.4 is 0 Å². The smallest absolute Gasteiger partial charge is 0.150 e. The summed E-state index contributed by atoms with van der Waals surface area (Å²) in [6.45, 7) is 5.39. The molecule has 0 saturated carbocycles. The average molecular weight is 208 g/mol. The van der Waals surface area contributed by atoms with Crippen LogP contribution in [0, 0.1) is 0 Å². The van der Waals surface area contributed by atoms with Crippen molar-refractivity contribution in [2.45, 2.75) is 39.7 Å². The van der Waals surface area contributed by atoms with Gasteiger partial charge in [0.1, 0.15) is 5.82 Å². The fourth-order valence-electron chi connectivity index (χ4n) is 1.35. The zero-order valence-electron chi connectivity index (χ0n) is 9.22. The SMILES string of the molecule is CCc1nc(CC)n(CCCN=[N+]=[N-])n1. The van der Waals surface area contributed by atoms with Crippen LogP contribution in [0.1, 0.15) is 31.9 Å². The van der Waals surface area contributed by atoms with Gasteiger partial charge in [0.15, 0.2) is 5.82 Å². The molecule has 0 aliphatic heterocycles. The van der Waals surface area contributed by atoms with E-state index in [9.17, 15) is 0 Å². The summed E-state index contributed by atoms with van der Waals surface area (Å²) in [6.07, 6.45) is 2.55. The Hall–Kier alpha value is -1.55. The van der Waals surface area contributed by atoms with E-state index in [-0.39, 0.29) is 0 Å². The molecule has 15 heavy (non-hydrogen) atoms. The van der Waals surface area contributed by atoms with Crippen LogP contribution >= 0.6 is 0 Å². The van der Waals surface area contributed by atoms with Crippen LogP contribution in [-0.4, -0.2) is 21.3 Å². The molecule has 0 aromatic carbocycles. The van der Waals surface area contributed by atoms with Gasteiger partial charge < -0.3 is 0 Å². The lowest BCUT2D eigenvalue weighted by molar-refractivity contribution is 0.554. The fourth-order valence-corrected chi connectivity index (χ4v) is 1.35. The number of aryl methyl sites for hydroxylation is 3. The maximum atomic E-state index is 8.13. The first kappa shape index (κ1) is 11.5. The minimum Gasteiger partial charge on any atom is -0.250 e. The molecule has 0 N–H and O–H groups in total. The molecule has 0 amide bonds. The highest BCUT2D eigenvalue weighted by atomic mass is 15.3. The standard InChI is InChI=1S/C9H16N6/c1-3-8-12-9(4-2)15(13-8)7-5-6-11-14-10/h3-7H2,1-2H3. The number of nitrogens with zero attached hydrogens (tertiary/aromatic N) is 6. The Bertz CT molecular complexity index is 349. The lowest BCUT2D eigenvalue weighted by atomic mass is 10.4. The fraction of sp³-hybridized carbons (Fsp3) is 0.778. The molecule has 0 fully saturated rings. The summed E-state index contributed by atoms with van der Waals surface area (Å²) >= 11 is 0. The topological polar surface area (TPSA) is 79.5 Å². The monoisotopic (exact) mass is 208 g/mol. The first-order chi connectivity index (χ1) is 7.31. The van der Waals surface area contributed by atoms with Crippen molar-refractivity contribution in [3.05, 3.63) is 22.1 Å². The van der Waals surface area contributed by atoms with Crippen LogP contribution in [0.5, 0.6) is 0 Å². The van der Waals surface area contributed by atoms with Crippen LogP contribution in [0.15, 0.2) is 5.11 Å². The molecule has 1 rings (SSSR count). The lowest BCUT2D eigenvalue weighted by Gasteiger charge is -2.01. The third-order valence-electron chi connectivity index (χ3n) is 2.12. The van der Waals surface area contributed by atoms with Crippen molar-refractivity contribution >= 4 is 0 Å². The molecular formula is C9H16N6. The number of aromatic nitrogens is 3. The molecule has 0 radical (unpaired) electrons. The third-order valence-corrected chi connectivity index (χ3v) is 2.12. The Kier molecular flexibility index (Phi) is 4.63. The van der Waals surface area contributed by atoms with Crippen LogP contribution in [0.25, 0.3) is 10.4 Å². The zero-order chi connectivity index (χ0) is 11.1. The summed E-state index contributed by atoms with van der Waals surface area (Å²) in [5.41, 5.74) is 8.13. The molecular weight excluding hydrogens is 192 g/mol. The van der Waals surface area contributed by atoms with Crippen molar-refractivity contribution in [1.29, 1.82) is 0 Å². The van der Waals surface area contributed by atoms with Crippen molar-refractivity contribution in [3.63, 3.8) is 0 Å². The van der Waals surface area contributed by atoms with E-state index in [1.165, 1.54) is 0 Å². The van der Waals surface area contributed by atoms with Gasteiger partial charge in [0.05, 0.1) is 0 Å². The molecule has 0 atom stereocenters. The van der Waals surface area contributed by atoms with Gasteiger partial charge in [0.2, 0.25) is 0 Å². The van der Waals surface area contributed by atoms with Gasteiger partial charge >= 0.3 is 0 Å². The second-order valence-electron chi connectivity index (χ2n) is 3.18. The molecule has 6 nitrogen and oxygen atoms in total. The van der Waals surface area contributed by atoms with Crippen LogP contribution in [0.3, 0.4) is 0 Å². The maximum Gasteiger partial charge on any atom is 0.150 e. The van der Waals surface area contributed by atoms with E-state index in [0.29, 0.717) is 6.54 Å². The molecule has 0 aliphatic rings. The molecule has 1 aromatic heterocycles. The predicted molar refractivity (Wildman–Crippen MR) is 57.4 cm³/mol. The van der Waals surface area contributed by atoms with E-state index in [2.05, 4.69) is 27.0 Å². The lowest BCUT2D eigenvalue weighted by Crippen LogP contribution is -2.06. The van der Waals surface area contributed by atoms with Gasteiger partial charge in [-0.2, -0.15) is 5.10 Å². The largest absolute Gasteiger partial charge is 0.250 e. The Morgan fingerprint density at radius 2 is 2.20 bits per heavy atom. The molecule has 0 unspecified atom stereocenters. The number of hydrogen-bond donors (Lipinski definition) is 0. The Morgan fingerprint density at radius 1 is 1.40 bits per heavy atom. The summed E-state index contributed by atoms with van der Waals surface area (Å²) < 4.78 is 1.91. The number of hydrogen-bond acceptors (Lipinski definition) is 3. The van der Waals surface area contributed by atoms with E-state index < -0.39 is 0 Å². The van der Waals surface area contributed by atoms with E-state index in [0.717, 1.165) is 37.5 Å². The van der Waals surface area contributed by atoms with Crippen molar-refractivity contribution in [3.8, 4) is 0 Å². The van der Waals surface area contributed by atoms with E-state index >= 15 is 0 Å². The highest BCUT2D eigenvalue weighted by molar-refractivity contribution is 4.92. The van der Waals surface area contributed by atoms with Crippen LogP contribution in [-0.2, 0) is 19.4 Å². The summed E-state index contributed by atoms with van der Waals surface area (Å²) in [4.78, 5) is 7.11. The quantitative estimate of drug-likeness (QED) is 0.310. The van der Waals surface area contributed by atoms with Crippen molar-refractivity contribution in [2.75, 3.05) is 6.54 Å². The highest BCUT2D eigenvalue weighted by Crippen LogP contribution is 2.02. The van der Waals surface area contributed by atoms with Gasteiger partial charge in [0, 0.05) is 30.8 Å². The van der Waals surface area contributed by atoms with Gasteiger partial charge in [-0.25, -0.2) is 9.67 Å². The first-order valence-corrected chi connectivity index (χ1v) is 5.25. The summed E-state index contributed by atoms with van der Waals surface area (Å²) in [5, 5.41) is 7.86. The summed E-state index contributed by atoms with van der Waals surface area (Å²) in [6, 6.07) is 0. The molecule has 1 heterocycles. The van der Waals surface area contributed by atoms with E-state index in [4.69, 9.17) is 5.53 Å². The molecule has 0 spiro atoms. The van der Waals surface area contributed by atoms with Crippen molar-refractivity contribution in [1.82, 2.24) is 14.8 Å². The molecule has 6 heteroatoms. The summed E-state index contributed by atoms with van der Waals surface area (Å²) in [5.74, 6) is 1.89. The third kappa shape index (κ3) is 3.25. The van der Waals surface area contributed by atoms with Crippen molar-refractivity contribution in [2.24, 2.45) is 5.11 Å². The second-order valence-corrected chi connectivity index (χ2v) is 3.18. The molecule has 0 bridgehead atoms. The summed E-state index contributed by atoms with van der Waals surface area (Å²) in [7, 11) is 0. The van der Waals surface area contributed by atoms with E-state index in [1.807, 2.05) is 11.6 Å². The Labute approximate surface area is 88.9 Å². The molecule has 0 aliphatic carbocycles. The highest BCUT2D eigenvalue weighted by Gasteiger charge is 2.05. The Balaban J connectivity index is 2.58. The van der Waals surface area contributed by atoms with Gasteiger partial charge in [-0.15, -0.1) is 0 Å². The molecule has 0 saturated heterocycles. The average Bonchev–Trinajstić information content (AvgIpc) is 2.67. The normalized spacial score (nSPS) is 10.0. The maximum absolute atomic E-state index is 8.13. The minimum absolute atomic E-state index is 0.515. The van der Waals surface area contributed by atoms with Crippen LogP contribution in [0.2, 0.25) is 0 Å². The van der Waals surface area contributed by atoms with Crippen LogP contribution in [0.4, 0.5) is 0 Å². The zero-order valence-corrected chi connectivity index (χ0v) is 9.22. The second kappa shape index (κ2) is 6.03. The number of rotatable bonds is 6. The Morgan fingerprint density at radius 3 is 2.80 bits per heavy atom. The van der Waals surface area contributed by atoms with Gasteiger partial charge in [-0.1, -0.05) is 19.0 Å². The van der Waals surface area contributed by atoms with Gasteiger partial charge in [0.25, 0.3) is 0 Å².